The number of rotatable bonds is 4. The number of nitrogens with zero attached hydrogens (tertiary/aromatic N) is 5. The average molecular weight is 396 g/mol. The molecule has 1 N–H and O–H groups in total. The maximum absolute atomic E-state index is 12.9. The Kier molecular flexibility index (Phi) is 5.62. The van der Waals surface area contributed by atoms with Gasteiger partial charge in [0.15, 0.2) is 0 Å². The summed E-state index contributed by atoms with van der Waals surface area (Å²) < 4.78 is 0. The molecule has 4 rings (SSSR count). The first-order chi connectivity index (χ1) is 14.0. The molecule has 2 aliphatic rings. The molecule has 0 aliphatic carbocycles. The summed E-state index contributed by atoms with van der Waals surface area (Å²) in [6, 6.07) is 5.96. The molecule has 0 spiro atoms. The fourth-order valence-electron chi connectivity index (χ4n) is 4.22. The molecule has 4 heterocycles. The summed E-state index contributed by atoms with van der Waals surface area (Å²) in [6.45, 7) is 2.86. The van der Waals surface area contributed by atoms with Crippen molar-refractivity contribution in [2.24, 2.45) is 5.92 Å². The van der Waals surface area contributed by atoms with Crippen LogP contribution in [0.1, 0.15) is 29.8 Å². The van der Waals surface area contributed by atoms with Gasteiger partial charge in [-0.15, -0.1) is 0 Å². The lowest BCUT2D eigenvalue weighted by atomic mass is 9.95. The summed E-state index contributed by atoms with van der Waals surface area (Å²) in [6.07, 6.45) is 5.89. The van der Waals surface area contributed by atoms with Gasteiger partial charge >= 0.3 is 0 Å². The SMILES string of the molecule is CN(C)[C@H]1CCN(C(=O)C2CCN(C(=O)c3cc(-c4ccncc4)n[nH]3)CC2)C1. The fourth-order valence-corrected chi connectivity index (χ4v) is 4.22. The van der Waals surface area contributed by atoms with Crippen molar-refractivity contribution in [2.75, 3.05) is 40.3 Å². The summed E-state index contributed by atoms with van der Waals surface area (Å²) in [5, 5.41) is 7.11. The third kappa shape index (κ3) is 4.17. The molecule has 2 fully saturated rings. The predicted molar refractivity (Wildman–Crippen MR) is 109 cm³/mol. The van der Waals surface area contributed by atoms with Crippen LogP contribution in [0.15, 0.2) is 30.6 Å². The number of piperidine rings is 1. The molecule has 2 saturated heterocycles. The molecule has 8 nitrogen and oxygen atoms in total. The Morgan fingerprint density at radius 2 is 1.76 bits per heavy atom. The Balaban J connectivity index is 1.32. The van der Waals surface area contributed by atoms with Gasteiger partial charge in [-0.05, 0) is 51.6 Å². The minimum Gasteiger partial charge on any atom is -0.341 e. The van der Waals surface area contributed by atoms with E-state index in [9.17, 15) is 9.59 Å². The topological polar surface area (TPSA) is 85.4 Å². The molecule has 1 atom stereocenters. The van der Waals surface area contributed by atoms with Gasteiger partial charge in [0.05, 0.1) is 5.69 Å². The summed E-state index contributed by atoms with van der Waals surface area (Å²) in [7, 11) is 4.14. The number of hydrogen-bond acceptors (Lipinski definition) is 5. The Bertz CT molecular complexity index is 857. The van der Waals surface area contributed by atoms with E-state index in [1.807, 2.05) is 21.9 Å². The van der Waals surface area contributed by atoms with Gasteiger partial charge in [0, 0.05) is 56.1 Å². The van der Waals surface area contributed by atoms with Crippen LogP contribution in [0.2, 0.25) is 0 Å². The van der Waals surface area contributed by atoms with Crippen LogP contribution in [-0.4, -0.2) is 88.0 Å². The van der Waals surface area contributed by atoms with Crippen molar-refractivity contribution < 1.29 is 9.59 Å². The molecule has 2 amide bonds. The zero-order valence-electron chi connectivity index (χ0n) is 17.0. The number of nitrogens with one attached hydrogen (secondary N) is 1. The first-order valence-corrected chi connectivity index (χ1v) is 10.2. The van der Waals surface area contributed by atoms with Crippen molar-refractivity contribution in [3.8, 4) is 11.3 Å². The number of likely N-dealkylation sites (N-methyl/N-ethyl adjacent to an activating group) is 1. The standard InChI is InChI=1S/C21H28N6O2/c1-25(2)17-7-12-27(14-17)20(28)16-5-10-26(11-6-16)21(29)19-13-18(23-24-19)15-3-8-22-9-4-15/h3-4,8-9,13,16-17H,5-7,10-12,14H2,1-2H3,(H,23,24)/t17-/m0/s1. The van der Waals surface area contributed by atoms with Crippen molar-refractivity contribution in [3.63, 3.8) is 0 Å². The van der Waals surface area contributed by atoms with Gasteiger partial charge in [-0.1, -0.05) is 0 Å². The summed E-state index contributed by atoms with van der Waals surface area (Å²) in [4.78, 5) is 35.7. The van der Waals surface area contributed by atoms with E-state index in [-0.39, 0.29) is 17.7 Å². The van der Waals surface area contributed by atoms with Crippen LogP contribution in [0.4, 0.5) is 0 Å². The lowest BCUT2D eigenvalue weighted by Gasteiger charge is -2.33. The predicted octanol–water partition coefficient (Wildman–Crippen LogP) is 1.49. The lowest BCUT2D eigenvalue weighted by Crippen LogP contribution is -2.44. The monoisotopic (exact) mass is 396 g/mol. The van der Waals surface area contributed by atoms with E-state index in [1.54, 1.807) is 18.5 Å². The van der Waals surface area contributed by atoms with Crippen LogP contribution in [-0.2, 0) is 4.79 Å². The molecule has 2 aromatic rings. The van der Waals surface area contributed by atoms with E-state index >= 15 is 0 Å². The second-order valence-corrected chi connectivity index (χ2v) is 8.16. The Morgan fingerprint density at radius 3 is 2.41 bits per heavy atom. The van der Waals surface area contributed by atoms with Gasteiger partial charge in [-0.2, -0.15) is 5.10 Å². The van der Waals surface area contributed by atoms with Gasteiger partial charge < -0.3 is 14.7 Å². The molecule has 0 unspecified atom stereocenters. The van der Waals surface area contributed by atoms with Crippen molar-refractivity contribution >= 4 is 11.8 Å². The molecule has 154 valence electrons. The highest BCUT2D eigenvalue weighted by Crippen LogP contribution is 2.24. The highest BCUT2D eigenvalue weighted by atomic mass is 16.2. The first-order valence-electron chi connectivity index (χ1n) is 10.2. The highest BCUT2D eigenvalue weighted by Gasteiger charge is 2.34. The zero-order chi connectivity index (χ0) is 20.4. The van der Waals surface area contributed by atoms with Crippen molar-refractivity contribution in [2.45, 2.75) is 25.3 Å². The Hall–Kier alpha value is -2.74. The normalized spacial score (nSPS) is 20.4. The molecule has 8 heteroatoms. The van der Waals surface area contributed by atoms with E-state index in [0.29, 0.717) is 24.8 Å². The molecule has 2 aromatic heterocycles. The van der Waals surface area contributed by atoms with Gasteiger partial charge in [-0.3, -0.25) is 19.7 Å². The quantitative estimate of drug-likeness (QED) is 0.846. The molecular weight excluding hydrogens is 368 g/mol. The first kappa shape index (κ1) is 19.6. The lowest BCUT2D eigenvalue weighted by molar-refractivity contribution is -0.136. The number of aromatic nitrogens is 3. The molecule has 0 radical (unpaired) electrons. The van der Waals surface area contributed by atoms with Crippen molar-refractivity contribution in [3.05, 3.63) is 36.3 Å². The molecule has 2 aliphatic heterocycles. The van der Waals surface area contributed by atoms with Gasteiger partial charge in [0.1, 0.15) is 5.69 Å². The number of carbonyl (C=O) groups excluding carboxylic acids is 2. The molecule has 0 bridgehead atoms. The maximum atomic E-state index is 12.9. The van der Waals surface area contributed by atoms with Crippen LogP contribution in [0, 0.1) is 5.92 Å². The van der Waals surface area contributed by atoms with E-state index in [1.165, 1.54) is 0 Å². The third-order valence-electron chi connectivity index (χ3n) is 6.12. The molecule has 0 saturated carbocycles. The van der Waals surface area contributed by atoms with E-state index in [0.717, 1.165) is 43.6 Å². The average Bonchev–Trinajstić information content (AvgIpc) is 3.44. The van der Waals surface area contributed by atoms with E-state index < -0.39 is 0 Å². The number of amides is 2. The second kappa shape index (κ2) is 8.32. The zero-order valence-corrected chi connectivity index (χ0v) is 17.0. The Morgan fingerprint density at radius 1 is 1.07 bits per heavy atom. The van der Waals surface area contributed by atoms with Crippen molar-refractivity contribution in [1.29, 1.82) is 0 Å². The maximum Gasteiger partial charge on any atom is 0.271 e. The molecule has 0 aromatic carbocycles. The number of hydrogen-bond donors (Lipinski definition) is 1. The van der Waals surface area contributed by atoms with Crippen molar-refractivity contribution in [1.82, 2.24) is 29.9 Å². The smallest absolute Gasteiger partial charge is 0.271 e. The number of carbonyl (C=O) groups is 2. The van der Waals surface area contributed by atoms with Gasteiger partial charge in [0.25, 0.3) is 5.91 Å². The van der Waals surface area contributed by atoms with E-state index in [4.69, 9.17) is 0 Å². The van der Waals surface area contributed by atoms with Gasteiger partial charge in [-0.25, -0.2) is 0 Å². The fraction of sp³-hybridized carbons (Fsp3) is 0.524. The van der Waals surface area contributed by atoms with E-state index in [2.05, 4.69) is 34.2 Å². The summed E-state index contributed by atoms with van der Waals surface area (Å²) >= 11 is 0. The summed E-state index contributed by atoms with van der Waals surface area (Å²) in [5.74, 6) is 0.217. The molecule has 29 heavy (non-hydrogen) atoms. The minimum absolute atomic E-state index is 0.0223. The number of pyridine rings is 1. The highest BCUT2D eigenvalue weighted by molar-refractivity contribution is 5.93. The van der Waals surface area contributed by atoms with Crippen LogP contribution >= 0.6 is 0 Å². The summed E-state index contributed by atoms with van der Waals surface area (Å²) in [5.41, 5.74) is 2.13. The van der Waals surface area contributed by atoms with Crippen LogP contribution in [0.3, 0.4) is 0 Å². The van der Waals surface area contributed by atoms with Crippen LogP contribution in [0.25, 0.3) is 11.3 Å². The minimum atomic E-state index is -0.0578. The van der Waals surface area contributed by atoms with Crippen LogP contribution < -0.4 is 0 Å². The number of aromatic amines is 1. The Labute approximate surface area is 170 Å². The third-order valence-corrected chi connectivity index (χ3v) is 6.12. The van der Waals surface area contributed by atoms with Gasteiger partial charge in [0.2, 0.25) is 5.91 Å². The number of H-pyrrole nitrogens is 1. The van der Waals surface area contributed by atoms with Crippen LogP contribution in [0.5, 0.6) is 0 Å². The number of likely N-dealkylation sites (tertiary alicyclic amines) is 2. The largest absolute Gasteiger partial charge is 0.341 e. The second-order valence-electron chi connectivity index (χ2n) is 8.16. The molecular formula is C21H28N6O2.